The molecule has 1 aromatic rings. The zero-order valence-corrected chi connectivity index (χ0v) is 11.0. The monoisotopic (exact) mass is 258 g/mol. The van der Waals surface area contributed by atoms with Gasteiger partial charge in [-0.2, -0.15) is 26.7 Å². The first-order valence-electron chi connectivity index (χ1n) is 5.23. The summed E-state index contributed by atoms with van der Waals surface area (Å²) in [4.78, 5) is 12.0. The summed E-state index contributed by atoms with van der Waals surface area (Å²) in [5.74, 6) is 5.98. The van der Waals surface area contributed by atoms with Gasteiger partial charge >= 0.3 is 6.01 Å². The van der Waals surface area contributed by atoms with Crippen LogP contribution in [0.4, 0.5) is 11.9 Å². The molecule has 1 atom stereocenters. The Morgan fingerprint density at radius 2 is 2.06 bits per heavy atom. The molecular formula is C9H18N6OS. The average molecular weight is 258 g/mol. The van der Waals surface area contributed by atoms with E-state index in [0.717, 1.165) is 13.0 Å². The first-order valence-corrected chi connectivity index (χ1v) is 6.51. The molecule has 1 heterocycles. The number of hydrogen-bond donors (Lipinski definition) is 3. The Kier molecular flexibility index (Phi) is 5.78. The summed E-state index contributed by atoms with van der Waals surface area (Å²) in [6.07, 6.45) is 3.12. The second kappa shape index (κ2) is 7.13. The Bertz CT molecular complexity index is 328. The first-order chi connectivity index (χ1) is 8.19. The third kappa shape index (κ3) is 4.61. The number of anilines is 2. The van der Waals surface area contributed by atoms with Crippen LogP contribution in [0.2, 0.25) is 0 Å². The highest BCUT2D eigenvalue weighted by Gasteiger charge is 2.06. The van der Waals surface area contributed by atoms with Gasteiger partial charge in [0, 0.05) is 11.8 Å². The van der Waals surface area contributed by atoms with Crippen molar-refractivity contribution < 1.29 is 4.74 Å². The van der Waals surface area contributed by atoms with E-state index in [9.17, 15) is 0 Å². The van der Waals surface area contributed by atoms with Crippen LogP contribution in [0.15, 0.2) is 0 Å². The number of nitrogen functional groups attached to an aromatic ring is 1. The van der Waals surface area contributed by atoms with Gasteiger partial charge < -0.3 is 10.1 Å². The van der Waals surface area contributed by atoms with Crippen molar-refractivity contribution in [3.05, 3.63) is 0 Å². The van der Waals surface area contributed by atoms with Gasteiger partial charge in [-0.15, -0.1) is 0 Å². The maximum Gasteiger partial charge on any atom is 0.322 e. The summed E-state index contributed by atoms with van der Waals surface area (Å²) in [6, 6.07) is 0.230. The lowest BCUT2D eigenvalue weighted by molar-refractivity contribution is 0.379. The Morgan fingerprint density at radius 1 is 1.35 bits per heavy atom. The maximum atomic E-state index is 5.25. The fourth-order valence-electron chi connectivity index (χ4n) is 1.10. The fourth-order valence-corrected chi connectivity index (χ4v) is 1.45. The van der Waals surface area contributed by atoms with E-state index in [1.165, 1.54) is 7.11 Å². The largest absolute Gasteiger partial charge is 0.467 e. The van der Waals surface area contributed by atoms with Crippen LogP contribution in [-0.4, -0.2) is 40.1 Å². The van der Waals surface area contributed by atoms with Gasteiger partial charge in [0.15, 0.2) is 0 Å². The highest BCUT2D eigenvalue weighted by molar-refractivity contribution is 7.99. The smallest absolute Gasteiger partial charge is 0.322 e. The molecule has 1 aromatic heterocycles. The van der Waals surface area contributed by atoms with Gasteiger partial charge in [0.25, 0.3) is 0 Å². The fraction of sp³-hybridized carbons (Fsp3) is 0.667. The van der Waals surface area contributed by atoms with E-state index in [-0.39, 0.29) is 12.0 Å². The number of hydrogen-bond acceptors (Lipinski definition) is 8. The van der Waals surface area contributed by atoms with E-state index < -0.39 is 0 Å². The minimum Gasteiger partial charge on any atom is -0.467 e. The number of nitrogens with one attached hydrogen (secondary N) is 2. The van der Waals surface area contributed by atoms with E-state index in [1.807, 2.05) is 11.8 Å². The molecule has 0 saturated heterocycles. The number of nitrogens with zero attached hydrogens (tertiary/aromatic N) is 3. The molecule has 0 amide bonds. The van der Waals surface area contributed by atoms with Crippen LogP contribution >= 0.6 is 11.8 Å². The van der Waals surface area contributed by atoms with Crippen LogP contribution < -0.4 is 21.3 Å². The molecule has 0 bridgehead atoms. The third-order valence-electron chi connectivity index (χ3n) is 2.16. The van der Waals surface area contributed by atoms with E-state index >= 15 is 0 Å². The summed E-state index contributed by atoms with van der Waals surface area (Å²) < 4.78 is 4.94. The normalized spacial score (nSPS) is 12.0. The highest BCUT2D eigenvalue weighted by Crippen LogP contribution is 2.12. The molecular weight excluding hydrogens is 240 g/mol. The second-order valence-corrected chi connectivity index (χ2v) is 4.65. The van der Waals surface area contributed by atoms with E-state index in [4.69, 9.17) is 10.6 Å². The Hall–Kier alpha value is -1.28. The van der Waals surface area contributed by atoms with E-state index in [1.54, 1.807) is 0 Å². The van der Waals surface area contributed by atoms with Crippen molar-refractivity contribution in [1.29, 1.82) is 0 Å². The van der Waals surface area contributed by atoms with Gasteiger partial charge in [0.2, 0.25) is 11.9 Å². The number of methoxy groups -OCH3 is 1. The summed E-state index contributed by atoms with van der Waals surface area (Å²) in [6.45, 7) is 2.96. The third-order valence-corrected chi connectivity index (χ3v) is 3.20. The van der Waals surface area contributed by atoms with Crippen LogP contribution in [0.5, 0.6) is 6.01 Å². The molecule has 8 heteroatoms. The molecule has 0 radical (unpaired) electrons. The number of hydrazine groups is 1. The van der Waals surface area contributed by atoms with Gasteiger partial charge in [-0.25, -0.2) is 5.84 Å². The van der Waals surface area contributed by atoms with Gasteiger partial charge in [-0.1, -0.05) is 6.92 Å². The lowest BCUT2D eigenvalue weighted by Gasteiger charge is -2.10. The van der Waals surface area contributed by atoms with Crippen LogP contribution in [0.25, 0.3) is 0 Å². The van der Waals surface area contributed by atoms with Crippen molar-refractivity contribution in [3.8, 4) is 6.01 Å². The number of rotatable bonds is 7. The number of thioether (sulfide) groups is 1. The predicted octanol–water partition coefficient (Wildman–Crippen LogP) is 0.719. The first kappa shape index (κ1) is 13.8. The van der Waals surface area contributed by atoms with Gasteiger partial charge in [0.05, 0.1) is 7.11 Å². The average Bonchev–Trinajstić information content (AvgIpc) is 2.37. The second-order valence-electron chi connectivity index (χ2n) is 3.38. The van der Waals surface area contributed by atoms with Crippen LogP contribution in [0.1, 0.15) is 13.3 Å². The van der Waals surface area contributed by atoms with Crippen molar-refractivity contribution >= 4 is 23.7 Å². The van der Waals surface area contributed by atoms with Crippen LogP contribution in [0, 0.1) is 0 Å². The number of aromatic nitrogens is 3. The Labute approximate surface area is 105 Å². The van der Waals surface area contributed by atoms with Crippen molar-refractivity contribution in [2.75, 3.05) is 30.7 Å². The quantitative estimate of drug-likeness (QED) is 0.486. The molecule has 7 nitrogen and oxygen atoms in total. The molecule has 0 fully saturated rings. The summed E-state index contributed by atoms with van der Waals surface area (Å²) in [5, 5.41) is 3.70. The SMILES string of the molecule is COc1nc(NN)nc(NCCC(C)SC)n1. The molecule has 0 saturated carbocycles. The molecule has 0 spiro atoms. The Balaban J connectivity index is 2.57. The summed E-state index contributed by atoms with van der Waals surface area (Å²) in [5.41, 5.74) is 2.37. The zero-order chi connectivity index (χ0) is 12.7. The number of nitrogens with two attached hydrogens (primary N) is 1. The van der Waals surface area contributed by atoms with Gasteiger partial charge in [-0.3, -0.25) is 5.43 Å². The lowest BCUT2D eigenvalue weighted by Crippen LogP contribution is -2.15. The van der Waals surface area contributed by atoms with E-state index in [2.05, 4.69) is 38.9 Å². The standard InChI is InChI=1S/C9H18N6OS/c1-6(17-3)4-5-11-7-12-8(15-10)14-9(13-7)16-2/h6H,4-5,10H2,1-3H3,(H2,11,12,13,14,15). The van der Waals surface area contributed by atoms with Gasteiger partial charge in [-0.05, 0) is 12.7 Å². The molecule has 0 aliphatic rings. The van der Waals surface area contributed by atoms with Crippen LogP contribution in [-0.2, 0) is 0 Å². The van der Waals surface area contributed by atoms with Crippen molar-refractivity contribution in [2.24, 2.45) is 5.84 Å². The van der Waals surface area contributed by atoms with Crippen LogP contribution in [0.3, 0.4) is 0 Å². The maximum absolute atomic E-state index is 5.25. The molecule has 4 N–H and O–H groups in total. The Morgan fingerprint density at radius 3 is 2.65 bits per heavy atom. The number of ether oxygens (including phenoxy) is 1. The minimum absolute atomic E-state index is 0.230. The topological polar surface area (TPSA) is 98.0 Å². The molecule has 17 heavy (non-hydrogen) atoms. The highest BCUT2D eigenvalue weighted by atomic mass is 32.2. The van der Waals surface area contributed by atoms with Crippen molar-refractivity contribution in [3.63, 3.8) is 0 Å². The zero-order valence-electron chi connectivity index (χ0n) is 10.2. The van der Waals surface area contributed by atoms with Gasteiger partial charge in [0.1, 0.15) is 0 Å². The minimum atomic E-state index is 0.230. The van der Waals surface area contributed by atoms with E-state index in [0.29, 0.717) is 11.2 Å². The summed E-state index contributed by atoms with van der Waals surface area (Å²) in [7, 11) is 1.50. The predicted molar refractivity (Wildman–Crippen MR) is 70.3 cm³/mol. The molecule has 0 aliphatic heterocycles. The lowest BCUT2D eigenvalue weighted by atomic mass is 10.3. The molecule has 0 aliphatic carbocycles. The molecule has 1 unspecified atom stereocenters. The molecule has 96 valence electrons. The molecule has 1 rings (SSSR count). The van der Waals surface area contributed by atoms with Crippen molar-refractivity contribution in [1.82, 2.24) is 15.0 Å². The summed E-state index contributed by atoms with van der Waals surface area (Å²) >= 11 is 1.83. The van der Waals surface area contributed by atoms with Crippen molar-refractivity contribution in [2.45, 2.75) is 18.6 Å². The molecule has 0 aromatic carbocycles.